The van der Waals surface area contributed by atoms with Gasteiger partial charge in [0.25, 0.3) is 0 Å². The predicted molar refractivity (Wildman–Crippen MR) is 125 cm³/mol. The molecule has 1 unspecified atom stereocenters. The molecule has 0 bridgehead atoms. The number of aromatic nitrogens is 2. The highest BCUT2D eigenvalue weighted by Crippen LogP contribution is 2.38. The van der Waals surface area contributed by atoms with Gasteiger partial charge in [-0.1, -0.05) is 12.1 Å². The summed E-state index contributed by atoms with van der Waals surface area (Å²) in [5.74, 6) is 0.600. The SMILES string of the molecule is O=C(O)N(CCC1CCN(c2ccc(-c3ccc(F)cc3)cn2)CC1)C(c1cscn1)C(F)(F)F. The van der Waals surface area contributed by atoms with Gasteiger partial charge in [-0.2, -0.15) is 13.2 Å². The number of carbonyl (C=O) groups is 1. The number of halogens is 4. The molecule has 1 aliphatic heterocycles. The number of pyridine rings is 1. The van der Waals surface area contributed by atoms with Gasteiger partial charge in [-0.3, -0.25) is 4.90 Å². The van der Waals surface area contributed by atoms with Crippen LogP contribution in [0.25, 0.3) is 11.1 Å². The first-order chi connectivity index (χ1) is 16.7. The molecular weight excluding hydrogens is 484 g/mol. The van der Waals surface area contributed by atoms with Gasteiger partial charge < -0.3 is 10.0 Å². The Kier molecular flexibility index (Phi) is 7.54. The van der Waals surface area contributed by atoms with Crippen LogP contribution < -0.4 is 4.90 Å². The Bertz CT molecular complexity index is 1100. The Balaban J connectivity index is 1.33. The zero-order valence-electron chi connectivity index (χ0n) is 18.7. The van der Waals surface area contributed by atoms with Crippen molar-refractivity contribution in [2.24, 2.45) is 5.92 Å². The van der Waals surface area contributed by atoms with Gasteiger partial charge in [-0.15, -0.1) is 11.3 Å². The van der Waals surface area contributed by atoms with E-state index in [9.17, 15) is 27.5 Å². The highest BCUT2D eigenvalue weighted by Gasteiger charge is 2.48. The van der Waals surface area contributed by atoms with E-state index >= 15 is 0 Å². The van der Waals surface area contributed by atoms with Crippen LogP contribution in [0.4, 0.5) is 28.2 Å². The van der Waals surface area contributed by atoms with Gasteiger partial charge in [0.05, 0.1) is 11.2 Å². The van der Waals surface area contributed by atoms with E-state index in [1.54, 1.807) is 18.3 Å². The van der Waals surface area contributed by atoms with Crippen LogP contribution in [0.2, 0.25) is 0 Å². The smallest absolute Gasteiger partial charge is 0.414 e. The predicted octanol–water partition coefficient (Wildman–Crippen LogP) is 6.23. The molecule has 35 heavy (non-hydrogen) atoms. The molecule has 0 aliphatic carbocycles. The van der Waals surface area contributed by atoms with Gasteiger partial charge >= 0.3 is 12.3 Å². The molecule has 1 fully saturated rings. The van der Waals surface area contributed by atoms with Crippen molar-refractivity contribution in [3.63, 3.8) is 0 Å². The van der Waals surface area contributed by atoms with Crippen LogP contribution in [-0.2, 0) is 0 Å². The van der Waals surface area contributed by atoms with Gasteiger partial charge in [0.2, 0.25) is 0 Å². The average Bonchev–Trinajstić information content (AvgIpc) is 3.36. The quantitative estimate of drug-likeness (QED) is 0.383. The van der Waals surface area contributed by atoms with Gasteiger partial charge in [0.1, 0.15) is 11.6 Å². The molecule has 1 N–H and O–H groups in total. The number of anilines is 1. The summed E-state index contributed by atoms with van der Waals surface area (Å²) in [6, 6.07) is 7.72. The number of hydrogen-bond donors (Lipinski definition) is 1. The second-order valence-electron chi connectivity index (χ2n) is 8.46. The summed E-state index contributed by atoms with van der Waals surface area (Å²) in [6.07, 6.45) is -2.84. The molecule has 1 aromatic carbocycles. The lowest BCUT2D eigenvalue weighted by molar-refractivity contribution is -0.182. The molecule has 11 heteroatoms. The van der Waals surface area contributed by atoms with Crippen LogP contribution in [-0.4, -0.2) is 51.9 Å². The zero-order chi connectivity index (χ0) is 25.0. The fraction of sp³-hybridized carbons (Fsp3) is 0.375. The Morgan fingerprint density at radius 1 is 1.11 bits per heavy atom. The number of benzene rings is 1. The van der Waals surface area contributed by atoms with Crippen molar-refractivity contribution in [2.45, 2.75) is 31.5 Å². The summed E-state index contributed by atoms with van der Waals surface area (Å²) in [6.45, 7) is 1.14. The number of amides is 1. The van der Waals surface area contributed by atoms with E-state index < -0.39 is 18.3 Å². The van der Waals surface area contributed by atoms with Crippen LogP contribution in [0.15, 0.2) is 53.5 Å². The molecule has 0 spiro atoms. The Morgan fingerprint density at radius 3 is 2.34 bits per heavy atom. The summed E-state index contributed by atoms with van der Waals surface area (Å²) < 4.78 is 54.2. The van der Waals surface area contributed by atoms with Crippen molar-refractivity contribution in [1.82, 2.24) is 14.9 Å². The molecule has 186 valence electrons. The maximum Gasteiger partial charge on any atom is 0.414 e. The van der Waals surface area contributed by atoms with Gasteiger partial charge in [0, 0.05) is 36.8 Å². The fourth-order valence-electron chi connectivity index (χ4n) is 4.35. The molecule has 2 aromatic heterocycles. The Labute approximate surface area is 203 Å². The molecule has 3 heterocycles. The number of alkyl halides is 3. The summed E-state index contributed by atoms with van der Waals surface area (Å²) in [5.41, 5.74) is 2.71. The van der Waals surface area contributed by atoms with Gasteiger partial charge in [-0.05, 0) is 55.0 Å². The number of rotatable bonds is 7. The number of hydrogen-bond acceptors (Lipinski definition) is 5. The molecule has 1 atom stereocenters. The van der Waals surface area contributed by atoms with E-state index in [0.717, 1.165) is 41.1 Å². The van der Waals surface area contributed by atoms with E-state index in [0.29, 0.717) is 24.4 Å². The molecule has 0 saturated carbocycles. The third-order valence-electron chi connectivity index (χ3n) is 6.24. The fourth-order valence-corrected chi connectivity index (χ4v) is 4.93. The second-order valence-corrected chi connectivity index (χ2v) is 9.18. The summed E-state index contributed by atoms with van der Waals surface area (Å²) >= 11 is 1.00. The Hall–Kier alpha value is -3.21. The first-order valence-electron chi connectivity index (χ1n) is 11.1. The summed E-state index contributed by atoms with van der Waals surface area (Å²) in [4.78, 5) is 22.5. The van der Waals surface area contributed by atoms with Crippen molar-refractivity contribution < 1.29 is 27.5 Å². The van der Waals surface area contributed by atoms with E-state index in [4.69, 9.17) is 0 Å². The molecular formula is C24H24F4N4O2S. The largest absolute Gasteiger partial charge is 0.465 e. The van der Waals surface area contributed by atoms with Gasteiger partial charge in [-0.25, -0.2) is 19.2 Å². The van der Waals surface area contributed by atoms with E-state index in [2.05, 4.69) is 14.9 Å². The standard InChI is InChI=1S/C24H24F4N4O2S/c25-19-4-1-17(2-5-19)18-3-6-21(29-13-18)31-10-7-16(8-11-31)9-12-32(23(33)34)22(24(26,27)28)20-14-35-15-30-20/h1-6,13-16,22H,7-12H2,(H,33,34). The first kappa shape index (κ1) is 24.9. The van der Waals surface area contributed by atoms with E-state index in [-0.39, 0.29) is 24.0 Å². The van der Waals surface area contributed by atoms with E-state index in [1.165, 1.54) is 23.0 Å². The van der Waals surface area contributed by atoms with Crippen molar-refractivity contribution in [1.29, 1.82) is 0 Å². The van der Waals surface area contributed by atoms with Crippen LogP contribution in [0.1, 0.15) is 31.0 Å². The summed E-state index contributed by atoms with van der Waals surface area (Å²) in [7, 11) is 0. The van der Waals surface area contributed by atoms with Crippen LogP contribution in [0.5, 0.6) is 0 Å². The van der Waals surface area contributed by atoms with Crippen LogP contribution in [0, 0.1) is 11.7 Å². The maximum atomic E-state index is 13.7. The lowest BCUT2D eigenvalue weighted by atomic mass is 9.93. The third kappa shape index (κ3) is 6.08. The minimum Gasteiger partial charge on any atom is -0.465 e. The molecule has 3 aromatic rings. The lowest BCUT2D eigenvalue weighted by Crippen LogP contribution is -2.43. The molecule has 1 aliphatic rings. The topological polar surface area (TPSA) is 69.6 Å². The van der Waals surface area contributed by atoms with Crippen molar-refractivity contribution >= 4 is 23.2 Å². The Morgan fingerprint density at radius 2 is 1.80 bits per heavy atom. The van der Waals surface area contributed by atoms with Crippen molar-refractivity contribution in [2.75, 3.05) is 24.5 Å². The van der Waals surface area contributed by atoms with Crippen molar-refractivity contribution in [3.8, 4) is 11.1 Å². The number of nitrogens with zero attached hydrogens (tertiary/aromatic N) is 4. The molecule has 0 radical (unpaired) electrons. The summed E-state index contributed by atoms with van der Waals surface area (Å²) in [5, 5.41) is 10.7. The van der Waals surface area contributed by atoms with Gasteiger partial charge in [0.15, 0.2) is 6.04 Å². The number of piperidine rings is 1. The zero-order valence-corrected chi connectivity index (χ0v) is 19.5. The molecule has 4 rings (SSSR count). The number of carboxylic acid groups (broad SMARTS) is 1. The highest BCUT2D eigenvalue weighted by atomic mass is 32.1. The molecule has 1 amide bonds. The van der Waals surface area contributed by atoms with Crippen LogP contribution >= 0.6 is 11.3 Å². The number of thiazole rings is 1. The van der Waals surface area contributed by atoms with E-state index in [1.807, 2.05) is 12.1 Å². The first-order valence-corrected chi connectivity index (χ1v) is 12.1. The normalized spacial score (nSPS) is 15.7. The minimum atomic E-state index is -4.75. The third-order valence-corrected chi connectivity index (χ3v) is 6.85. The van der Waals surface area contributed by atoms with Crippen LogP contribution in [0.3, 0.4) is 0 Å². The molecule has 6 nitrogen and oxygen atoms in total. The average molecular weight is 509 g/mol. The lowest BCUT2D eigenvalue weighted by Gasteiger charge is -2.35. The minimum absolute atomic E-state index is 0.107. The monoisotopic (exact) mass is 508 g/mol. The maximum absolute atomic E-state index is 13.7. The highest BCUT2D eigenvalue weighted by molar-refractivity contribution is 7.07. The second kappa shape index (κ2) is 10.6. The molecule has 1 saturated heterocycles. The van der Waals surface area contributed by atoms with Crippen molar-refractivity contribution in [3.05, 3.63) is 65.0 Å².